The lowest BCUT2D eigenvalue weighted by Gasteiger charge is -2.11. The molecule has 0 aliphatic rings. The van der Waals surface area contributed by atoms with Gasteiger partial charge in [-0.25, -0.2) is 0 Å². The van der Waals surface area contributed by atoms with Gasteiger partial charge in [0.05, 0.1) is 0 Å². The fourth-order valence-corrected chi connectivity index (χ4v) is 4.15. The van der Waals surface area contributed by atoms with Gasteiger partial charge in [-0.1, -0.05) is 12.1 Å². The highest BCUT2D eigenvalue weighted by Crippen LogP contribution is 2.31. The van der Waals surface area contributed by atoms with Crippen LogP contribution in [0.1, 0.15) is 16.5 Å². The summed E-state index contributed by atoms with van der Waals surface area (Å²) < 4.78 is 1.14. The Hall–Kier alpha value is -0.290. The molecule has 2 aromatic rings. The summed E-state index contributed by atoms with van der Waals surface area (Å²) in [6, 6.07) is 10.5. The fourth-order valence-electron chi connectivity index (χ4n) is 1.58. The summed E-state index contributed by atoms with van der Waals surface area (Å²) in [5, 5.41) is 2.10. The van der Waals surface area contributed by atoms with Crippen molar-refractivity contribution >= 4 is 39.0 Å². The van der Waals surface area contributed by atoms with E-state index in [4.69, 9.17) is 5.73 Å². The molecular weight excluding hydrogens is 314 g/mol. The zero-order valence-electron chi connectivity index (χ0n) is 9.52. The summed E-state index contributed by atoms with van der Waals surface area (Å²) in [5.41, 5.74) is 7.51. The van der Waals surface area contributed by atoms with E-state index in [0.717, 1.165) is 10.2 Å². The minimum absolute atomic E-state index is 0.118. The largest absolute Gasteiger partial charge is 0.323 e. The van der Waals surface area contributed by atoms with Crippen LogP contribution in [0.15, 0.2) is 45.1 Å². The number of hydrogen-bond acceptors (Lipinski definition) is 3. The van der Waals surface area contributed by atoms with Crippen molar-refractivity contribution in [1.29, 1.82) is 0 Å². The van der Waals surface area contributed by atoms with Crippen molar-refractivity contribution in [2.45, 2.75) is 17.9 Å². The summed E-state index contributed by atoms with van der Waals surface area (Å²) in [7, 11) is 0. The van der Waals surface area contributed by atoms with Crippen LogP contribution in [0.2, 0.25) is 0 Å². The molecule has 90 valence electrons. The number of rotatable bonds is 4. The number of hydrogen-bond donors (Lipinski definition) is 1. The summed E-state index contributed by atoms with van der Waals surface area (Å²) in [6.07, 6.45) is 0. The van der Waals surface area contributed by atoms with Crippen molar-refractivity contribution in [2.24, 2.45) is 5.73 Å². The minimum Gasteiger partial charge on any atom is -0.323 e. The maximum absolute atomic E-state index is 6.21. The Bertz CT molecular complexity index is 496. The first-order valence-corrected chi connectivity index (χ1v) is 8.01. The third-order valence-electron chi connectivity index (χ3n) is 2.49. The second-order valence-corrected chi connectivity index (χ2v) is 6.68. The molecule has 0 spiro atoms. The molecule has 0 aliphatic heterocycles. The van der Waals surface area contributed by atoms with Crippen LogP contribution in [0.25, 0.3) is 0 Å². The highest BCUT2D eigenvalue weighted by Gasteiger charge is 2.11. The molecule has 1 unspecified atom stereocenters. The van der Waals surface area contributed by atoms with Gasteiger partial charge in [0, 0.05) is 26.0 Å². The van der Waals surface area contributed by atoms with Crippen LogP contribution in [0.3, 0.4) is 0 Å². The van der Waals surface area contributed by atoms with Crippen LogP contribution < -0.4 is 5.73 Å². The van der Waals surface area contributed by atoms with Crippen LogP contribution in [-0.2, 0) is 0 Å². The third kappa shape index (κ3) is 3.35. The fraction of sp³-hybridized carbons (Fsp3) is 0.231. The number of thioether (sulfide) groups is 1. The van der Waals surface area contributed by atoms with Crippen molar-refractivity contribution in [3.63, 3.8) is 0 Å². The van der Waals surface area contributed by atoms with Gasteiger partial charge in [0.2, 0.25) is 0 Å². The normalized spacial score (nSPS) is 12.6. The molecule has 1 aromatic carbocycles. The van der Waals surface area contributed by atoms with Gasteiger partial charge >= 0.3 is 0 Å². The van der Waals surface area contributed by atoms with E-state index in [1.54, 1.807) is 23.1 Å². The van der Waals surface area contributed by atoms with Crippen molar-refractivity contribution in [1.82, 2.24) is 0 Å². The number of aryl methyl sites for hydroxylation is 1. The molecule has 0 bridgehead atoms. The van der Waals surface area contributed by atoms with Gasteiger partial charge in [0.15, 0.2) is 0 Å². The average Bonchev–Trinajstić information content (AvgIpc) is 2.74. The van der Waals surface area contributed by atoms with Crippen LogP contribution >= 0.6 is 39.0 Å². The highest BCUT2D eigenvalue weighted by atomic mass is 79.9. The molecule has 2 rings (SSSR count). The molecule has 1 nitrogen and oxygen atoms in total. The third-order valence-corrected chi connectivity index (χ3v) is 5.79. The zero-order valence-corrected chi connectivity index (χ0v) is 12.7. The van der Waals surface area contributed by atoms with Crippen molar-refractivity contribution in [2.75, 3.05) is 5.75 Å². The smallest absolute Gasteiger partial charge is 0.0487 e. The number of benzene rings is 1. The van der Waals surface area contributed by atoms with Gasteiger partial charge in [-0.15, -0.1) is 23.1 Å². The Morgan fingerprint density at radius 3 is 2.76 bits per heavy atom. The van der Waals surface area contributed by atoms with E-state index in [1.807, 2.05) is 6.07 Å². The number of nitrogens with two attached hydrogens (primary N) is 1. The van der Waals surface area contributed by atoms with E-state index < -0.39 is 0 Å². The first-order valence-electron chi connectivity index (χ1n) is 5.35. The minimum atomic E-state index is 0.118. The second-order valence-electron chi connectivity index (χ2n) is 3.82. The van der Waals surface area contributed by atoms with E-state index in [9.17, 15) is 0 Å². The molecule has 1 atom stereocenters. The van der Waals surface area contributed by atoms with E-state index >= 15 is 0 Å². The average molecular weight is 328 g/mol. The molecule has 0 saturated carbocycles. The predicted molar refractivity (Wildman–Crippen MR) is 80.9 cm³/mol. The molecule has 0 radical (unpaired) electrons. The Kier molecular flexibility index (Phi) is 4.68. The van der Waals surface area contributed by atoms with E-state index in [1.165, 1.54) is 15.3 Å². The maximum Gasteiger partial charge on any atom is 0.0487 e. The molecular formula is C13H14BrNS2. The van der Waals surface area contributed by atoms with Gasteiger partial charge < -0.3 is 5.73 Å². The Morgan fingerprint density at radius 2 is 2.12 bits per heavy atom. The topological polar surface area (TPSA) is 26.0 Å². The van der Waals surface area contributed by atoms with Crippen LogP contribution in [-0.4, -0.2) is 5.75 Å². The van der Waals surface area contributed by atoms with Crippen LogP contribution in [0.5, 0.6) is 0 Å². The van der Waals surface area contributed by atoms with Gasteiger partial charge in [-0.3, -0.25) is 0 Å². The zero-order chi connectivity index (χ0) is 12.3. The van der Waals surface area contributed by atoms with Gasteiger partial charge in [-0.2, -0.15) is 0 Å². The van der Waals surface area contributed by atoms with Crippen molar-refractivity contribution < 1.29 is 0 Å². The molecule has 0 aliphatic carbocycles. The molecule has 17 heavy (non-hydrogen) atoms. The van der Waals surface area contributed by atoms with Crippen LogP contribution in [0, 0.1) is 6.92 Å². The lowest BCUT2D eigenvalue weighted by molar-refractivity contribution is 0.844. The molecule has 0 amide bonds. The summed E-state index contributed by atoms with van der Waals surface area (Å²) in [6.45, 7) is 2.12. The first-order chi connectivity index (χ1) is 8.18. The lowest BCUT2D eigenvalue weighted by atomic mass is 10.2. The first kappa shape index (κ1) is 13.1. The molecule has 1 aromatic heterocycles. The molecule has 2 N–H and O–H groups in total. The molecule has 0 saturated heterocycles. The summed E-state index contributed by atoms with van der Waals surface area (Å²) in [5.74, 6) is 0.907. The monoisotopic (exact) mass is 327 g/mol. The van der Waals surface area contributed by atoms with E-state index in [2.05, 4.69) is 52.5 Å². The van der Waals surface area contributed by atoms with E-state index in [0.29, 0.717) is 0 Å². The summed E-state index contributed by atoms with van der Waals surface area (Å²) >= 11 is 7.09. The SMILES string of the molecule is Cc1ccsc1C(N)CSc1ccccc1Br. The second kappa shape index (κ2) is 6.05. The number of thiophene rings is 1. The Balaban J connectivity index is 2.00. The van der Waals surface area contributed by atoms with E-state index in [-0.39, 0.29) is 6.04 Å². The highest BCUT2D eigenvalue weighted by molar-refractivity contribution is 9.10. The molecule has 1 heterocycles. The van der Waals surface area contributed by atoms with Crippen LogP contribution in [0.4, 0.5) is 0 Å². The lowest BCUT2D eigenvalue weighted by Crippen LogP contribution is -2.12. The molecule has 0 fully saturated rings. The van der Waals surface area contributed by atoms with Crippen molar-refractivity contribution in [3.8, 4) is 0 Å². The van der Waals surface area contributed by atoms with Gasteiger partial charge in [0.25, 0.3) is 0 Å². The Labute approximate surface area is 119 Å². The van der Waals surface area contributed by atoms with Gasteiger partial charge in [-0.05, 0) is 52.0 Å². The molecule has 4 heteroatoms. The quantitative estimate of drug-likeness (QED) is 0.830. The Morgan fingerprint density at radius 1 is 1.35 bits per heavy atom. The summed E-state index contributed by atoms with van der Waals surface area (Å²) in [4.78, 5) is 2.54. The van der Waals surface area contributed by atoms with Gasteiger partial charge in [0.1, 0.15) is 0 Å². The number of halogens is 1. The predicted octanol–water partition coefficient (Wildman–Crippen LogP) is 4.61. The maximum atomic E-state index is 6.21. The van der Waals surface area contributed by atoms with Crippen molar-refractivity contribution in [3.05, 3.63) is 50.6 Å². The standard InChI is InChI=1S/C13H14BrNS2/c1-9-6-7-16-13(9)11(15)8-17-12-5-3-2-4-10(12)14/h2-7,11H,8,15H2,1H3.